The van der Waals surface area contributed by atoms with Crippen LogP contribution in [0.5, 0.6) is 0 Å². The van der Waals surface area contributed by atoms with Gasteiger partial charge in [0.25, 0.3) is 0 Å². The molecule has 4 aromatic carbocycles. The number of rotatable bonds is 8. The molecule has 0 aliphatic rings. The number of carbonyl (C=O) groups excluding carboxylic acids is 2. The maximum Gasteiger partial charge on any atom is 0.313 e. The molecule has 0 spiro atoms. The highest BCUT2D eigenvalue weighted by Crippen LogP contribution is 2.27. The average Bonchev–Trinajstić information content (AvgIpc) is 2.91. The van der Waals surface area contributed by atoms with Gasteiger partial charge in [-0.15, -0.1) is 0 Å². The van der Waals surface area contributed by atoms with E-state index in [0.29, 0.717) is 22.3 Å². The van der Waals surface area contributed by atoms with Crippen LogP contribution < -0.4 is 0 Å². The molecule has 3 nitrogen and oxygen atoms in total. The molecule has 0 radical (unpaired) electrons. The zero-order valence-electron chi connectivity index (χ0n) is 19.8. The molecule has 0 aromatic heterocycles. The standard InChI is InChI=1S/C31H27FO3/c1-21(25-16-17-28(29(32)19-25)23-10-5-3-6-11-23)20-35-31(34)22(2)26-14-9-15-27(18-26)30(33)24-12-7-4-8-13-24/h3-19,21-22H,20H2,1-2H3/t21-,22+/m1/s1. The third kappa shape index (κ3) is 5.72. The number of carbonyl (C=O) groups is 2. The Balaban J connectivity index is 1.39. The lowest BCUT2D eigenvalue weighted by atomic mass is 9.95. The molecular formula is C31H27FO3. The predicted molar refractivity (Wildman–Crippen MR) is 136 cm³/mol. The van der Waals surface area contributed by atoms with Crippen molar-refractivity contribution in [3.8, 4) is 11.1 Å². The van der Waals surface area contributed by atoms with Crippen LogP contribution in [0.3, 0.4) is 0 Å². The number of hydrogen-bond donors (Lipinski definition) is 0. The number of esters is 1. The molecule has 35 heavy (non-hydrogen) atoms. The molecule has 0 fully saturated rings. The SMILES string of the molecule is C[C@H](COC(=O)[C@@H](C)c1cccc(C(=O)c2ccccc2)c1)c1ccc(-c2ccccc2)c(F)c1. The minimum absolute atomic E-state index is 0.0948. The van der Waals surface area contributed by atoms with Crippen molar-refractivity contribution in [3.63, 3.8) is 0 Å². The average molecular weight is 467 g/mol. The first kappa shape index (κ1) is 24.1. The van der Waals surface area contributed by atoms with Gasteiger partial charge in [-0.05, 0) is 35.7 Å². The van der Waals surface area contributed by atoms with Crippen molar-refractivity contribution in [1.82, 2.24) is 0 Å². The van der Waals surface area contributed by atoms with Gasteiger partial charge in [0.05, 0.1) is 12.5 Å². The van der Waals surface area contributed by atoms with Gasteiger partial charge in [-0.25, -0.2) is 4.39 Å². The molecule has 0 bridgehead atoms. The van der Waals surface area contributed by atoms with Gasteiger partial charge in [0.1, 0.15) is 5.82 Å². The number of halogens is 1. The maximum absolute atomic E-state index is 14.7. The van der Waals surface area contributed by atoms with E-state index in [1.54, 1.807) is 43.3 Å². The summed E-state index contributed by atoms with van der Waals surface area (Å²) in [6.45, 7) is 3.79. The molecule has 0 aliphatic carbocycles. The Morgan fingerprint density at radius 3 is 2.09 bits per heavy atom. The van der Waals surface area contributed by atoms with Crippen LogP contribution in [0.1, 0.15) is 52.7 Å². The van der Waals surface area contributed by atoms with E-state index in [4.69, 9.17) is 4.74 Å². The third-order valence-electron chi connectivity index (χ3n) is 6.16. The second-order valence-corrected chi connectivity index (χ2v) is 8.68. The van der Waals surface area contributed by atoms with E-state index < -0.39 is 5.92 Å². The number of ether oxygens (including phenoxy) is 1. The van der Waals surface area contributed by atoms with Crippen molar-refractivity contribution in [2.75, 3.05) is 6.61 Å². The van der Waals surface area contributed by atoms with Gasteiger partial charge >= 0.3 is 5.97 Å². The zero-order valence-corrected chi connectivity index (χ0v) is 19.8. The summed E-state index contributed by atoms with van der Waals surface area (Å²) in [5.74, 6) is -1.50. The minimum atomic E-state index is -0.539. The molecule has 176 valence electrons. The summed E-state index contributed by atoms with van der Waals surface area (Å²) >= 11 is 0. The Kier molecular flexibility index (Phi) is 7.51. The fraction of sp³-hybridized carbons (Fsp3) is 0.161. The lowest BCUT2D eigenvalue weighted by Crippen LogP contribution is -2.17. The fourth-order valence-corrected chi connectivity index (χ4v) is 3.96. The van der Waals surface area contributed by atoms with Gasteiger partial charge in [0.2, 0.25) is 0 Å². The maximum atomic E-state index is 14.7. The van der Waals surface area contributed by atoms with Crippen molar-refractivity contribution in [3.05, 3.63) is 131 Å². The van der Waals surface area contributed by atoms with Crippen LogP contribution in [0.4, 0.5) is 4.39 Å². The van der Waals surface area contributed by atoms with Crippen molar-refractivity contribution in [2.24, 2.45) is 0 Å². The minimum Gasteiger partial charge on any atom is -0.465 e. The van der Waals surface area contributed by atoms with Crippen LogP contribution in [0.2, 0.25) is 0 Å². The Morgan fingerprint density at radius 2 is 1.40 bits per heavy atom. The smallest absolute Gasteiger partial charge is 0.313 e. The van der Waals surface area contributed by atoms with Crippen molar-refractivity contribution in [2.45, 2.75) is 25.7 Å². The predicted octanol–water partition coefficient (Wildman–Crippen LogP) is 7.17. The first-order valence-electron chi connectivity index (χ1n) is 11.6. The number of ketones is 1. The molecule has 0 unspecified atom stereocenters. The fourth-order valence-electron chi connectivity index (χ4n) is 3.96. The highest BCUT2D eigenvalue weighted by Gasteiger charge is 2.20. The highest BCUT2D eigenvalue weighted by atomic mass is 19.1. The summed E-state index contributed by atoms with van der Waals surface area (Å²) < 4.78 is 20.3. The van der Waals surface area contributed by atoms with E-state index in [0.717, 1.165) is 11.1 Å². The van der Waals surface area contributed by atoms with E-state index in [-0.39, 0.29) is 30.1 Å². The normalized spacial score (nSPS) is 12.5. The topological polar surface area (TPSA) is 43.4 Å². The molecule has 0 N–H and O–H groups in total. The molecule has 4 heteroatoms. The number of benzene rings is 4. The molecule has 2 atom stereocenters. The van der Waals surface area contributed by atoms with E-state index in [2.05, 4.69) is 0 Å². The first-order valence-corrected chi connectivity index (χ1v) is 11.6. The van der Waals surface area contributed by atoms with Crippen LogP contribution in [0.25, 0.3) is 11.1 Å². The molecular weight excluding hydrogens is 439 g/mol. The van der Waals surface area contributed by atoms with Crippen LogP contribution in [-0.2, 0) is 9.53 Å². The largest absolute Gasteiger partial charge is 0.465 e. The Hall–Kier alpha value is -4.05. The van der Waals surface area contributed by atoms with Gasteiger partial charge < -0.3 is 4.74 Å². The van der Waals surface area contributed by atoms with Crippen LogP contribution >= 0.6 is 0 Å². The summed E-state index contributed by atoms with van der Waals surface area (Å²) in [5, 5.41) is 0. The number of hydrogen-bond acceptors (Lipinski definition) is 3. The lowest BCUT2D eigenvalue weighted by Gasteiger charge is -2.17. The van der Waals surface area contributed by atoms with E-state index >= 15 is 0 Å². The first-order chi connectivity index (χ1) is 16.9. The van der Waals surface area contributed by atoms with Crippen LogP contribution in [-0.4, -0.2) is 18.4 Å². The van der Waals surface area contributed by atoms with Crippen LogP contribution in [0, 0.1) is 5.82 Å². The van der Waals surface area contributed by atoms with Crippen molar-refractivity contribution < 1.29 is 18.7 Å². The Morgan fingerprint density at radius 1 is 0.743 bits per heavy atom. The van der Waals surface area contributed by atoms with Gasteiger partial charge in [-0.2, -0.15) is 0 Å². The van der Waals surface area contributed by atoms with E-state index in [1.165, 1.54) is 6.07 Å². The monoisotopic (exact) mass is 466 g/mol. The van der Waals surface area contributed by atoms with Gasteiger partial charge in [-0.3, -0.25) is 9.59 Å². The Labute approximate surface area is 205 Å². The molecule has 0 saturated heterocycles. The molecule has 0 heterocycles. The van der Waals surface area contributed by atoms with E-state index in [1.807, 2.05) is 67.6 Å². The highest BCUT2D eigenvalue weighted by molar-refractivity contribution is 6.09. The quantitative estimate of drug-likeness (QED) is 0.204. The molecule has 4 aromatic rings. The zero-order chi connectivity index (χ0) is 24.8. The summed E-state index contributed by atoms with van der Waals surface area (Å²) in [4.78, 5) is 25.5. The van der Waals surface area contributed by atoms with E-state index in [9.17, 15) is 14.0 Å². The lowest BCUT2D eigenvalue weighted by molar-refractivity contribution is -0.145. The Bertz CT molecular complexity index is 1320. The second-order valence-electron chi connectivity index (χ2n) is 8.68. The summed E-state index contributed by atoms with van der Waals surface area (Å²) in [7, 11) is 0. The molecule has 0 aliphatic heterocycles. The van der Waals surface area contributed by atoms with Crippen molar-refractivity contribution in [1.29, 1.82) is 0 Å². The van der Waals surface area contributed by atoms with Crippen molar-refractivity contribution >= 4 is 11.8 Å². The summed E-state index contributed by atoms with van der Waals surface area (Å²) in [5.41, 5.74) is 3.95. The summed E-state index contributed by atoms with van der Waals surface area (Å²) in [6.07, 6.45) is 0. The van der Waals surface area contributed by atoms with Gasteiger partial charge in [-0.1, -0.05) is 97.9 Å². The molecule has 0 saturated carbocycles. The van der Waals surface area contributed by atoms with Gasteiger partial charge in [0, 0.05) is 22.6 Å². The third-order valence-corrected chi connectivity index (χ3v) is 6.16. The summed E-state index contributed by atoms with van der Waals surface area (Å²) in [6, 6.07) is 30.6. The molecule has 4 rings (SSSR count). The van der Waals surface area contributed by atoms with Crippen LogP contribution in [0.15, 0.2) is 103 Å². The molecule has 0 amide bonds. The second kappa shape index (κ2) is 10.9. The van der Waals surface area contributed by atoms with Gasteiger partial charge in [0.15, 0.2) is 5.78 Å².